The summed E-state index contributed by atoms with van der Waals surface area (Å²) in [6.45, 7) is 0. The molecule has 0 radical (unpaired) electrons. The standard InChI is InChI=1S/C18H11BrS/c19-14-7-8-15-16-10-13(12-4-2-1-3-5-12)6-9-17(16)20-18(15)11-14/h1-11H. The Morgan fingerprint density at radius 1 is 0.650 bits per heavy atom. The van der Waals surface area contributed by atoms with Crippen molar-refractivity contribution in [2.24, 2.45) is 0 Å². The average molecular weight is 339 g/mol. The maximum atomic E-state index is 3.55. The van der Waals surface area contributed by atoms with Gasteiger partial charge in [-0.25, -0.2) is 0 Å². The maximum absolute atomic E-state index is 3.55. The number of hydrogen-bond donors (Lipinski definition) is 0. The van der Waals surface area contributed by atoms with Gasteiger partial charge in [-0.2, -0.15) is 0 Å². The van der Waals surface area contributed by atoms with Crippen LogP contribution < -0.4 is 0 Å². The highest BCUT2D eigenvalue weighted by Crippen LogP contribution is 2.37. The zero-order valence-corrected chi connectivity index (χ0v) is 13.0. The Bertz CT molecular complexity index is 907. The van der Waals surface area contributed by atoms with Gasteiger partial charge in [0.25, 0.3) is 0 Å². The van der Waals surface area contributed by atoms with Crippen LogP contribution in [0, 0.1) is 0 Å². The quantitative estimate of drug-likeness (QED) is 0.372. The van der Waals surface area contributed by atoms with Crippen LogP contribution in [0.1, 0.15) is 0 Å². The summed E-state index contributed by atoms with van der Waals surface area (Å²) in [4.78, 5) is 0. The zero-order chi connectivity index (χ0) is 13.5. The second-order valence-electron chi connectivity index (χ2n) is 4.82. The Labute approximate surface area is 129 Å². The molecule has 0 fully saturated rings. The van der Waals surface area contributed by atoms with E-state index in [9.17, 15) is 0 Å². The molecule has 0 amide bonds. The highest BCUT2D eigenvalue weighted by Gasteiger charge is 2.07. The molecule has 0 saturated carbocycles. The van der Waals surface area contributed by atoms with E-state index in [1.54, 1.807) is 0 Å². The van der Waals surface area contributed by atoms with Gasteiger partial charge in [0.1, 0.15) is 0 Å². The van der Waals surface area contributed by atoms with Gasteiger partial charge < -0.3 is 0 Å². The summed E-state index contributed by atoms with van der Waals surface area (Å²) in [7, 11) is 0. The lowest BCUT2D eigenvalue weighted by Crippen LogP contribution is -1.76. The Kier molecular flexibility index (Phi) is 2.86. The van der Waals surface area contributed by atoms with E-state index in [2.05, 4.69) is 82.7 Å². The smallest absolute Gasteiger partial charge is 0.0366 e. The van der Waals surface area contributed by atoms with Crippen molar-refractivity contribution in [1.82, 2.24) is 0 Å². The third-order valence-electron chi connectivity index (χ3n) is 3.54. The Morgan fingerprint density at radius 3 is 2.35 bits per heavy atom. The third-order valence-corrected chi connectivity index (χ3v) is 5.17. The van der Waals surface area contributed by atoms with Crippen molar-refractivity contribution >= 4 is 47.4 Å². The Balaban J connectivity index is 2.01. The van der Waals surface area contributed by atoms with Crippen molar-refractivity contribution in [3.8, 4) is 11.1 Å². The van der Waals surface area contributed by atoms with Crippen molar-refractivity contribution < 1.29 is 0 Å². The summed E-state index contributed by atoms with van der Waals surface area (Å²) >= 11 is 5.40. The fraction of sp³-hybridized carbons (Fsp3) is 0. The molecule has 3 aromatic carbocycles. The summed E-state index contributed by atoms with van der Waals surface area (Å²) in [6, 6.07) is 23.8. The molecule has 0 N–H and O–H groups in total. The molecule has 0 spiro atoms. The number of benzene rings is 3. The van der Waals surface area contributed by atoms with E-state index in [4.69, 9.17) is 0 Å². The van der Waals surface area contributed by atoms with Gasteiger partial charge in [-0.3, -0.25) is 0 Å². The van der Waals surface area contributed by atoms with Crippen molar-refractivity contribution in [2.75, 3.05) is 0 Å². The Morgan fingerprint density at radius 2 is 1.50 bits per heavy atom. The van der Waals surface area contributed by atoms with Gasteiger partial charge in [0.05, 0.1) is 0 Å². The summed E-state index contributed by atoms with van der Waals surface area (Å²) < 4.78 is 3.82. The normalized spacial score (nSPS) is 11.2. The van der Waals surface area contributed by atoms with Crippen LogP contribution >= 0.6 is 27.3 Å². The molecule has 0 saturated heterocycles. The zero-order valence-electron chi connectivity index (χ0n) is 10.6. The number of thiophene rings is 1. The molecule has 4 aromatic rings. The lowest BCUT2D eigenvalue weighted by Gasteiger charge is -2.01. The molecule has 0 nitrogen and oxygen atoms in total. The first-order valence-corrected chi connectivity index (χ1v) is 8.09. The van der Waals surface area contributed by atoms with Gasteiger partial charge >= 0.3 is 0 Å². The summed E-state index contributed by atoms with van der Waals surface area (Å²) in [5.74, 6) is 0. The van der Waals surface area contributed by atoms with Crippen molar-refractivity contribution in [3.05, 3.63) is 71.2 Å². The van der Waals surface area contributed by atoms with Crippen LogP contribution in [0.15, 0.2) is 71.2 Å². The highest BCUT2D eigenvalue weighted by molar-refractivity contribution is 9.10. The average Bonchev–Trinajstić information content (AvgIpc) is 2.84. The van der Waals surface area contributed by atoms with Gasteiger partial charge in [0.2, 0.25) is 0 Å². The summed E-state index contributed by atoms with van der Waals surface area (Å²) in [6.07, 6.45) is 0. The van der Waals surface area contributed by atoms with Crippen LogP contribution in [0.4, 0.5) is 0 Å². The third kappa shape index (κ3) is 1.96. The molecule has 0 aliphatic rings. The van der Waals surface area contributed by atoms with E-state index >= 15 is 0 Å². The lowest BCUT2D eigenvalue weighted by molar-refractivity contribution is 1.66. The second-order valence-corrected chi connectivity index (χ2v) is 6.82. The highest BCUT2D eigenvalue weighted by atomic mass is 79.9. The molecule has 96 valence electrons. The van der Waals surface area contributed by atoms with Crippen LogP contribution in [0.25, 0.3) is 31.3 Å². The maximum Gasteiger partial charge on any atom is 0.0366 e. The summed E-state index contributed by atoms with van der Waals surface area (Å²) in [5, 5.41) is 2.69. The molecule has 4 rings (SSSR count). The molecule has 0 bridgehead atoms. The van der Waals surface area contributed by atoms with Crippen molar-refractivity contribution in [3.63, 3.8) is 0 Å². The lowest BCUT2D eigenvalue weighted by atomic mass is 10.0. The number of rotatable bonds is 1. The van der Waals surface area contributed by atoms with E-state index in [1.165, 1.54) is 31.3 Å². The minimum absolute atomic E-state index is 1.14. The first-order valence-electron chi connectivity index (χ1n) is 6.48. The molecular weight excluding hydrogens is 328 g/mol. The van der Waals surface area contributed by atoms with E-state index in [0.29, 0.717) is 0 Å². The van der Waals surface area contributed by atoms with Crippen LogP contribution in [0.5, 0.6) is 0 Å². The number of fused-ring (bicyclic) bond motifs is 3. The molecule has 0 aliphatic carbocycles. The fourth-order valence-corrected chi connectivity index (χ4v) is 4.20. The van der Waals surface area contributed by atoms with Crippen LogP contribution in [-0.2, 0) is 0 Å². The molecular formula is C18H11BrS. The van der Waals surface area contributed by atoms with Crippen LogP contribution in [0.2, 0.25) is 0 Å². The topological polar surface area (TPSA) is 0 Å². The van der Waals surface area contributed by atoms with E-state index in [0.717, 1.165) is 4.47 Å². The number of halogens is 1. The van der Waals surface area contributed by atoms with Gasteiger partial charge in [-0.05, 0) is 35.4 Å². The predicted octanol–water partition coefficient (Wildman–Crippen LogP) is 6.48. The largest absolute Gasteiger partial charge is 0.135 e. The van der Waals surface area contributed by atoms with Crippen LogP contribution in [-0.4, -0.2) is 0 Å². The fourth-order valence-electron chi connectivity index (χ4n) is 2.56. The minimum Gasteiger partial charge on any atom is -0.135 e. The number of hydrogen-bond acceptors (Lipinski definition) is 1. The van der Waals surface area contributed by atoms with Crippen LogP contribution in [0.3, 0.4) is 0 Å². The summed E-state index contributed by atoms with van der Waals surface area (Å²) in [5.41, 5.74) is 2.55. The first-order chi connectivity index (χ1) is 9.81. The van der Waals surface area contributed by atoms with E-state index in [1.807, 2.05) is 11.3 Å². The van der Waals surface area contributed by atoms with Crippen molar-refractivity contribution in [1.29, 1.82) is 0 Å². The SMILES string of the molecule is Brc1ccc2c(c1)sc1ccc(-c3ccccc3)cc12. The molecule has 20 heavy (non-hydrogen) atoms. The molecule has 0 aliphatic heterocycles. The first kappa shape index (κ1) is 12.1. The van der Waals surface area contributed by atoms with E-state index in [-0.39, 0.29) is 0 Å². The molecule has 1 heterocycles. The molecule has 1 aromatic heterocycles. The molecule has 0 unspecified atom stereocenters. The Hall–Kier alpha value is -1.64. The van der Waals surface area contributed by atoms with Gasteiger partial charge in [-0.15, -0.1) is 11.3 Å². The second kappa shape index (κ2) is 4.72. The van der Waals surface area contributed by atoms with Gasteiger partial charge in [-0.1, -0.05) is 58.4 Å². The predicted molar refractivity (Wildman–Crippen MR) is 92.5 cm³/mol. The molecule has 2 heteroatoms. The van der Waals surface area contributed by atoms with Gasteiger partial charge in [0, 0.05) is 24.6 Å². The van der Waals surface area contributed by atoms with E-state index < -0.39 is 0 Å². The monoisotopic (exact) mass is 338 g/mol. The molecule has 0 atom stereocenters. The minimum atomic E-state index is 1.14. The van der Waals surface area contributed by atoms with Crippen molar-refractivity contribution in [2.45, 2.75) is 0 Å². The van der Waals surface area contributed by atoms with Gasteiger partial charge in [0.15, 0.2) is 0 Å².